The highest BCUT2D eigenvalue weighted by molar-refractivity contribution is 5.83. The van der Waals surface area contributed by atoms with Crippen molar-refractivity contribution in [1.29, 1.82) is 0 Å². The number of benzene rings is 1. The second-order valence-electron chi connectivity index (χ2n) is 5.80. The monoisotopic (exact) mass is 334 g/mol. The van der Waals surface area contributed by atoms with Crippen LogP contribution >= 0.6 is 0 Å². The minimum Gasteiger partial charge on any atom is -0.476 e. The van der Waals surface area contributed by atoms with Gasteiger partial charge in [0.2, 0.25) is 5.88 Å². The molecule has 0 saturated heterocycles. The van der Waals surface area contributed by atoms with Crippen molar-refractivity contribution in [1.82, 2.24) is 24.7 Å². The van der Waals surface area contributed by atoms with Crippen LogP contribution in [0.5, 0.6) is 5.88 Å². The number of nitrogens with zero attached hydrogens (tertiary/aromatic N) is 4. The second-order valence-corrected chi connectivity index (χ2v) is 5.80. The number of hydrogen-bond donors (Lipinski definition) is 2. The summed E-state index contributed by atoms with van der Waals surface area (Å²) in [7, 11) is 1.84. The standard InChI is InChI=1S/C18H18N6O/c1-24-11-13(9-22-24)17-18(19)23-16(10-21-17)25-7-6-12-8-20-15-5-3-2-4-14(12)15/h2-5,8-11,20H,6-7H2,1H3,(H2,19,23). The van der Waals surface area contributed by atoms with Crippen LogP contribution in [-0.4, -0.2) is 31.3 Å². The first-order chi connectivity index (χ1) is 12.2. The second kappa shape index (κ2) is 6.27. The summed E-state index contributed by atoms with van der Waals surface area (Å²) in [5, 5.41) is 5.33. The summed E-state index contributed by atoms with van der Waals surface area (Å²) in [6.45, 7) is 0.502. The molecule has 0 amide bonds. The molecule has 126 valence electrons. The molecule has 0 radical (unpaired) electrons. The average Bonchev–Trinajstić information content (AvgIpc) is 3.22. The third-order valence-electron chi connectivity index (χ3n) is 4.05. The average molecular weight is 334 g/mol. The van der Waals surface area contributed by atoms with Gasteiger partial charge in [0.25, 0.3) is 0 Å². The van der Waals surface area contributed by atoms with Gasteiger partial charge in [0.1, 0.15) is 5.69 Å². The van der Waals surface area contributed by atoms with Crippen molar-refractivity contribution in [3.8, 4) is 17.1 Å². The summed E-state index contributed by atoms with van der Waals surface area (Å²) in [5.74, 6) is 0.752. The van der Waals surface area contributed by atoms with E-state index in [0.29, 0.717) is 24.0 Å². The molecule has 4 rings (SSSR count). The lowest BCUT2D eigenvalue weighted by molar-refractivity contribution is 0.309. The Labute approximate surface area is 144 Å². The van der Waals surface area contributed by atoms with Gasteiger partial charge in [-0.05, 0) is 11.6 Å². The van der Waals surface area contributed by atoms with Crippen molar-refractivity contribution >= 4 is 16.7 Å². The van der Waals surface area contributed by atoms with Crippen LogP contribution < -0.4 is 10.5 Å². The van der Waals surface area contributed by atoms with Crippen LogP contribution in [0.2, 0.25) is 0 Å². The van der Waals surface area contributed by atoms with E-state index in [9.17, 15) is 0 Å². The fraction of sp³-hybridized carbons (Fsp3) is 0.167. The molecule has 0 spiro atoms. The molecule has 0 atom stereocenters. The van der Waals surface area contributed by atoms with Gasteiger partial charge in [0.05, 0.1) is 19.0 Å². The Hall–Kier alpha value is -3.35. The SMILES string of the molecule is Cn1cc(-c2ncc(OCCc3c[nH]c4ccccc34)nc2N)cn1. The van der Waals surface area contributed by atoms with Crippen molar-refractivity contribution in [3.63, 3.8) is 0 Å². The molecule has 0 saturated carbocycles. The Kier molecular flexibility index (Phi) is 3.81. The molecule has 3 heterocycles. The molecule has 0 aliphatic heterocycles. The van der Waals surface area contributed by atoms with E-state index >= 15 is 0 Å². The molecule has 0 unspecified atom stereocenters. The number of nitrogens with two attached hydrogens (primary N) is 1. The summed E-state index contributed by atoms with van der Waals surface area (Å²) in [4.78, 5) is 11.9. The fourth-order valence-electron chi connectivity index (χ4n) is 2.83. The quantitative estimate of drug-likeness (QED) is 0.585. The molecule has 1 aromatic carbocycles. The summed E-state index contributed by atoms with van der Waals surface area (Å²) < 4.78 is 7.41. The molecule has 0 aliphatic rings. The number of anilines is 1. The predicted octanol–water partition coefficient (Wildman–Crippen LogP) is 2.56. The van der Waals surface area contributed by atoms with Gasteiger partial charge in [0, 0.05) is 42.3 Å². The summed E-state index contributed by atoms with van der Waals surface area (Å²) in [6.07, 6.45) is 7.93. The number of aryl methyl sites for hydroxylation is 1. The number of nitrogen functional groups attached to an aromatic ring is 1. The van der Waals surface area contributed by atoms with Crippen molar-refractivity contribution in [2.75, 3.05) is 12.3 Å². The van der Waals surface area contributed by atoms with E-state index in [4.69, 9.17) is 10.5 Å². The van der Waals surface area contributed by atoms with Gasteiger partial charge in [-0.2, -0.15) is 10.1 Å². The maximum Gasteiger partial charge on any atom is 0.234 e. The van der Waals surface area contributed by atoms with Crippen LogP contribution in [0.15, 0.2) is 49.1 Å². The lowest BCUT2D eigenvalue weighted by Gasteiger charge is -2.07. The van der Waals surface area contributed by atoms with Crippen molar-refractivity contribution < 1.29 is 4.74 Å². The number of ether oxygens (including phenoxy) is 1. The van der Waals surface area contributed by atoms with E-state index in [-0.39, 0.29) is 0 Å². The molecule has 0 bridgehead atoms. The number of fused-ring (bicyclic) bond motifs is 1. The van der Waals surface area contributed by atoms with Crippen LogP contribution in [0.1, 0.15) is 5.56 Å². The van der Waals surface area contributed by atoms with E-state index in [0.717, 1.165) is 17.5 Å². The van der Waals surface area contributed by atoms with Crippen LogP contribution in [0, 0.1) is 0 Å². The number of nitrogens with one attached hydrogen (secondary N) is 1. The Morgan fingerprint density at radius 1 is 1.24 bits per heavy atom. The van der Waals surface area contributed by atoms with Crippen molar-refractivity contribution in [3.05, 3.63) is 54.6 Å². The lowest BCUT2D eigenvalue weighted by atomic mass is 10.1. The van der Waals surface area contributed by atoms with Crippen LogP contribution in [0.25, 0.3) is 22.2 Å². The highest BCUT2D eigenvalue weighted by Gasteiger charge is 2.10. The number of aromatic amines is 1. The first-order valence-electron chi connectivity index (χ1n) is 8.00. The summed E-state index contributed by atoms with van der Waals surface area (Å²) in [5.41, 5.74) is 9.79. The van der Waals surface area contributed by atoms with Crippen molar-refractivity contribution in [2.45, 2.75) is 6.42 Å². The zero-order valence-corrected chi connectivity index (χ0v) is 13.8. The minimum atomic E-state index is 0.331. The highest BCUT2D eigenvalue weighted by Crippen LogP contribution is 2.23. The number of aromatic nitrogens is 5. The molecule has 0 aliphatic carbocycles. The van der Waals surface area contributed by atoms with E-state index < -0.39 is 0 Å². The Morgan fingerprint density at radius 3 is 2.92 bits per heavy atom. The molecule has 3 N–H and O–H groups in total. The zero-order valence-electron chi connectivity index (χ0n) is 13.8. The zero-order chi connectivity index (χ0) is 17.2. The van der Waals surface area contributed by atoms with Gasteiger partial charge in [-0.1, -0.05) is 18.2 Å². The van der Waals surface area contributed by atoms with Gasteiger partial charge in [-0.3, -0.25) is 4.68 Å². The van der Waals surface area contributed by atoms with Crippen LogP contribution in [-0.2, 0) is 13.5 Å². The molecule has 7 heteroatoms. The molecule has 4 aromatic rings. The maximum atomic E-state index is 6.01. The third kappa shape index (κ3) is 3.03. The molecule has 3 aromatic heterocycles. The van der Waals surface area contributed by atoms with Crippen LogP contribution in [0.3, 0.4) is 0 Å². The van der Waals surface area contributed by atoms with Gasteiger partial charge >= 0.3 is 0 Å². The van der Waals surface area contributed by atoms with Gasteiger partial charge in [0.15, 0.2) is 5.82 Å². The van der Waals surface area contributed by atoms with Gasteiger partial charge in [-0.25, -0.2) is 4.98 Å². The molecular weight excluding hydrogens is 316 g/mol. The summed E-state index contributed by atoms with van der Waals surface area (Å²) >= 11 is 0. The Bertz CT molecular complexity index is 1020. The molecule has 25 heavy (non-hydrogen) atoms. The smallest absolute Gasteiger partial charge is 0.234 e. The van der Waals surface area contributed by atoms with E-state index in [2.05, 4.69) is 32.2 Å². The largest absolute Gasteiger partial charge is 0.476 e. The van der Waals surface area contributed by atoms with E-state index in [1.807, 2.05) is 31.6 Å². The summed E-state index contributed by atoms with van der Waals surface area (Å²) in [6, 6.07) is 8.20. The number of H-pyrrole nitrogens is 1. The number of para-hydroxylation sites is 1. The van der Waals surface area contributed by atoms with E-state index in [1.54, 1.807) is 17.1 Å². The molecule has 0 fully saturated rings. The Balaban J connectivity index is 1.44. The van der Waals surface area contributed by atoms with Crippen LogP contribution in [0.4, 0.5) is 5.82 Å². The predicted molar refractivity (Wildman–Crippen MR) is 96.1 cm³/mol. The van der Waals surface area contributed by atoms with Crippen molar-refractivity contribution in [2.24, 2.45) is 7.05 Å². The normalized spacial score (nSPS) is 11.1. The van der Waals surface area contributed by atoms with Gasteiger partial charge in [-0.15, -0.1) is 0 Å². The third-order valence-corrected chi connectivity index (χ3v) is 4.05. The maximum absolute atomic E-state index is 6.01. The topological polar surface area (TPSA) is 94.6 Å². The minimum absolute atomic E-state index is 0.331. The number of hydrogen-bond acceptors (Lipinski definition) is 5. The highest BCUT2D eigenvalue weighted by atomic mass is 16.5. The Morgan fingerprint density at radius 2 is 2.12 bits per heavy atom. The molecule has 7 nitrogen and oxygen atoms in total. The fourth-order valence-corrected chi connectivity index (χ4v) is 2.83. The lowest BCUT2D eigenvalue weighted by Crippen LogP contribution is -2.05. The van der Waals surface area contributed by atoms with E-state index in [1.165, 1.54) is 10.9 Å². The number of rotatable bonds is 5. The molecular formula is C18H18N6O. The van der Waals surface area contributed by atoms with Gasteiger partial charge < -0.3 is 15.5 Å². The first kappa shape index (κ1) is 15.2. The first-order valence-corrected chi connectivity index (χ1v) is 8.00.